The molecule has 2 aromatic carbocycles. The quantitative estimate of drug-likeness (QED) is 0.780. The van der Waals surface area contributed by atoms with Crippen LogP contribution in [0.15, 0.2) is 54.6 Å². The maximum absolute atomic E-state index is 11.7. The summed E-state index contributed by atoms with van der Waals surface area (Å²) in [4.78, 5) is 11.7. The van der Waals surface area contributed by atoms with Crippen LogP contribution in [-0.4, -0.2) is 12.6 Å². The molecule has 0 saturated heterocycles. The molecule has 1 aliphatic rings. The summed E-state index contributed by atoms with van der Waals surface area (Å²) in [5.74, 6) is 0.330. The van der Waals surface area contributed by atoms with Crippen LogP contribution >= 0.6 is 0 Å². The van der Waals surface area contributed by atoms with Crippen molar-refractivity contribution >= 4 is 5.97 Å². The van der Waals surface area contributed by atoms with Crippen molar-refractivity contribution in [3.63, 3.8) is 0 Å². The molecule has 108 valence electrons. The van der Waals surface area contributed by atoms with Crippen molar-refractivity contribution in [1.82, 2.24) is 0 Å². The molecular weight excluding hydrogens is 260 g/mol. The zero-order chi connectivity index (χ0) is 14.9. The molecule has 0 heterocycles. The van der Waals surface area contributed by atoms with Crippen LogP contribution in [0.1, 0.15) is 47.7 Å². The number of carbonyl (C=O) groups is 1. The Morgan fingerprint density at radius 3 is 2.43 bits per heavy atom. The highest BCUT2D eigenvalue weighted by molar-refractivity contribution is 5.89. The Labute approximate surface area is 125 Å². The first-order chi connectivity index (χ1) is 10.1. The SMILES string of the molecule is CCOC(=O)c1ccc(C2(C)CC2c2ccccc2)cc1. The molecule has 2 atom stereocenters. The highest BCUT2D eigenvalue weighted by Crippen LogP contribution is 2.60. The molecule has 1 saturated carbocycles. The summed E-state index contributed by atoms with van der Waals surface area (Å²) in [5.41, 5.74) is 3.51. The minimum Gasteiger partial charge on any atom is -0.462 e. The lowest BCUT2D eigenvalue weighted by atomic mass is 9.92. The van der Waals surface area contributed by atoms with Gasteiger partial charge in [-0.3, -0.25) is 0 Å². The van der Waals surface area contributed by atoms with Gasteiger partial charge in [0.2, 0.25) is 0 Å². The monoisotopic (exact) mass is 280 g/mol. The van der Waals surface area contributed by atoms with Gasteiger partial charge in [-0.2, -0.15) is 0 Å². The van der Waals surface area contributed by atoms with Gasteiger partial charge in [0.1, 0.15) is 0 Å². The predicted molar refractivity (Wildman–Crippen MR) is 83.6 cm³/mol. The van der Waals surface area contributed by atoms with Crippen molar-refractivity contribution < 1.29 is 9.53 Å². The lowest BCUT2D eigenvalue weighted by Crippen LogP contribution is -2.07. The summed E-state index contributed by atoms with van der Waals surface area (Å²) in [6.45, 7) is 4.53. The number of esters is 1. The van der Waals surface area contributed by atoms with Crippen molar-refractivity contribution in [2.45, 2.75) is 31.6 Å². The molecule has 0 radical (unpaired) electrons. The third-order valence-electron chi connectivity index (χ3n) is 4.49. The standard InChI is InChI=1S/C19H20O2/c1-3-21-18(20)15-9-11-16(12-10-15)19(2)13-17(19)14-7-5-4-6-8-14/h4-12,17H,3,13H2,1-2H3. The Morgan fingerprint density at radius 2 is 1.81 bits per heavy atom. The number of benzene rings is 2. The second-order valence-corrected chi connectivity index (χ2v) is 5.88. The summed E-state index contributed by atoms with van der Waals surface area (Å²) in [6, 6.07) is 18.5. The maximum atomic E-state index is 11.7. The van der Waals surface area contributed by atoms with E-state index in [4.69, 9.17) is 4.74 Å². The van der Waals surface area contributed by atoms with Crippen molar-refractivity contribution in [2.75, 3.05) is 6.61 Å². The molecule has 21 heavy (non-hydrogen) atoms. The van der Waals surface area contributed by atoms with Crippen LogP contribution in [0.25, 0.3) is 0 Å². The lowest BCUT2D eigenvalue weighted by molar-refractivity contribution is 0.0526. The highest BCUT2D eigenvalue weighted by Gasteiger charge is 2.51. The van der Waals surface area contributed by atoms with Gasteiger partial charge in [-0.25, -0.2) is 4.79 Å². The van der Waals surface area contributed by atoms with E-state index in [0.29, 0.717) is 18.1 Å². The van der Waals surface area contributed by atoms with Crippen molar-refractivity contribution in [3.8, 4) is 0 Å². The summed E-state index contributed by atoms with van der Waals surface area (Å²) in [5, 5.41) is 0. The van der Waals surface area contributed by atoms with Crippen molar-refractivity contribution in [3.05, 3.63) is 71.3 Å². The third-order valence-corrected chi connectivity index (χ3v) is 4.49. The third kappa shape index (κ3) is 2.58. The second kappa shape index (κ2) is 5.36. The average molecular weight is 280 g/mol. The largest absolute Gasteiger partial charge is 0.462 e. The smallest absolute Gasteiger partial charge is 0.338 e. The van der Waals surface area contributed by atoms with Crippen LogP contribution < -0.4 is 0 Å². The van der Waals surface area contributed by atoms with E-state index in [1.807, 2.05) is 19.1 Å². The summed E-state index contributed by atoms with van der Waals surface area (Å²) >= 11 is 0. The topological polar surface area (TPSA) is 26.3 Å². The van der Waals surface area contributed by atoms with Gasteiger partial charge in [-0.1, -0.05) is 49.4 Å². The minimum atomic E-state index is -0.246. The van der Waals surface area contributed by atoms with E-state index in [9.17, 15) is 4.79 Å². The molecule has 2 nitrogen and oxygen atoms in total. The molecule has 1 aliphatic carbocycles. The fraction of sp³-hybridized carbons (Fsp3) is 0.316. The van der Waals surface area contributed by atoms with Crippen molar-refractivity contribution in [2.24, 2.45) is 0 Å². The number of carbonyl (C=O) groups excluding carboxylic acids is 1. The normalized spacial score (nSPS) is 23.6. The molecule has 2 unspecified atom stereocenters. The number of hydrogen-bond acceptors (Lipinski definition) is 2. The Morgan fingerprint density at radius 1 is 1.14 bits per heavy atom. The molecule has 3 rings (SSSR count). The van der Waals surface area contributed by atoms with E-state index in [2.05, 4.69) is 49.4 Å². The minimum absolute atomic E-state index is 0.189. The first kappa shape index (κ1) is 13.9. The van der Waals surface area contributed by atoms with E-state index in [1.165, 1.54) is 11.1 Å². The van der Waals surface area contributed by atoms with E-state index in [0.717, 1.165) is 6.42 Å². The zero-order valence-electron chi connectivity index (χ0n) is 12.5. The summed E-state index contributed by atoms with van der Waals surface area (Å²) < 4.78 is 5.02. The van der Waals surface area contributed by atoms with Gasteiger partial charge < -0.3 is 4.74 Å². The van der Waals surface area contributed by atoms with E-state index < -0.39 is 0 Å². The Bertz CT molecular complexity index is 630. The number of hydrogen-bond donors (Lipinski definition) is 0. The second-order valence-electron chi connectivity index (χ2n) is 5.88. The molecule has 0 aliphatic heterocycles. The van der Waals surface area contributed by atoms with Crippen LogP contribution in [0.4, 0.5) is 0 Å². The fourth-order valence-corrected chi connectivity index (χ4v) is 3.06. The zero-order valence-corrected chi connectivity index (χ0v) is 12.5. The van der Waals surface area contributed by atoms with Crippen molar-refractivity contribution in [1.29, 1.82) is 0 Å². The maximum Gasteiger partial charge on any atom is 0.338 e. The molecule has 0 N–H and O–H groups in total. The predicted octanol–water partition coefficient (Wildman–Crippen LogP) is 4.31. The van der Waals surface area contributed by atoms with Gasteiger partial charge in [0.25, 0.3) is 0 Å². The molecule has 0 aromatic heterocycles. The summed E-state index contributed by atoms with van der Waals surface area (Å²) in [6.07, 6.45) is 1.16. The molecule has 2 heteroatoms. The Hall–Kier alpha value is -2.09. The number of ether oxygens (including phenoxy) is 1. The van der Waals surface area contributed by atoms with E-state index in [-0.39, 0.29) is 11.4 Å². The first-order valence-corrected chi connectivity index (χ1v) is 7.48. The molecule has 0 spiro atoms. The van der Waals surface area contributed by atoms with Gasteiger partial charge in [-0.15, -0.1) is 0 Å². The van der Waals surface area contributed by atoms with Gasteiger partial charge in [0.15, 0.2) is 0 Å². The lowest BCUT2D eigenvalue weighted by Gasteiger charge is -2.13. The summed E-state index contributed by atoms with van der Waals surface area (Å²) in [7, 11) is 0. The van der Waals surface area contributed by atoms with Gasteiger partial charge in [0, 0.05) is 0 Å². The Kier molecular flexibility index (Phi) is 3.54. The van der Waals surface area contributed by atoms with Crippen LogP contribution in [0.3, 0.4) is 0 Å². The average Bonchev–Trinajstić information content (AvgIpc) is 3.22. The van der Waals surface area contributed by atoms with Gasteiger partial charge in [0.05, 0.1) is 12.2 Å². The van der Waals surface area contributed by atoms with Crippen LogP contribution in [0, 0.1) is 0 Å². The first-order valence-electron chi connectivity index (χ1n) is 7.48. The molecule has 1 fully saturated rings. The molecule has 0 amide bonds. The highest BCUT2D eigenvalue weighted by atomic mass is 16.5. The van der Waals surface area contributed by atoms with Crippen LogP contribution in [-0.2, 0) is 10.2 Å². The van der Waals surface area contributed by atoms with E-state index in [1.54, 1.807) is 0 Å². The Balaban J connectivity index is 1.78. The van der Waals surface area contributed by atoms with Crippen LogP contribution in [0.2, 0.25) is 0 Å². The number of rotatable bonds is 4. The van der Waals surface area contributed by atoms with Crippen LogP contribution in [0.5, 0.6) is 0 Å². The fourth-order valence-electron chi connectivity index (χ4n) is 3.06. The molecule has 2 aromatic rings. The van der Waals surface area contributed by atoms with E-state index >= 15 is 0 Å². The van der Waals surface area contributed by atoms with Gasteiger partial charge >= 0.3 is 5.97 Å². The molecular formula is C19H20O2. The molecule has 0 bridgehead atoms. The van der Waals surface area contributed by atoms with Gasteiger partial charge in [-0.05, 0) is 47.9 Å².